The van der Waals surface area contributed by atoms with Gasteiger partial charge in [-0.3, -0.25) is 43.2 Å². The van der Waals surface area contributed by atoms with Gasteiger partial charge in [0.2, 0.25) is 53.2 Å². The van der Waals surface area contributed by atoms with Crippen LogP contribution in [0, 0.1) is 11.8 Å². The lowest BCUT2D eigenvalue weighted by Crippen LogP contribution is -2.58. The maximum absolute atomic E-state index is 13.8. The number of carbonyl (C=O) groups is 10. The molecule has 78 heavy (non-hydrogen) atoms. The summed E-state index contributed by atoms with van der Waals surface area (Å²) in [6.45, 7) is 8.45. The summed E-state index contributed by atoms with van der Waals surface area (Å²) in [5.41, 5.74) is 6.92. The Morgan fingerprint density at radius 2 is 1.05 bits per heavy atom. The fraction of sp³-hybridized carbons (Fsp3) is 0.673. The van der Waals surface area contributed by atoms with Gasteiger partial charge in [-0.1, -0.05) is 130 Å². The van der Waals surface area contributed by atoms with Gasteiger partial charge in [-0.2, -0.15) is 0 Å². The molecule has 14 N–H and O–H groups in total. The SMILES string of the molecule is CCCCCCCCCCCCCC(=O)N[C@@H](CO)C(=O)NCC(=O)N[C@H](C(=O)N[C@@H](C)C(=O)N[C@@H](Cc1c[nH]c2ccccc12)C(=O)NCC(=O)NCC(=O)N[C@H](C(=O)N[C@@H](CCCCN)C(=O)O)[C@@H](C)CC)[C@@H](C)CC. The number of fused-ring (bicyclic) bond motifs is 1. The number of hydrogen-bond donors (Lipinski definition) is 13. The number of aliphatic carboxylic acids is 1. The zero-order valence-corrected chi connectivity index (χ0v) is 46.8. The van der Waals surface area contributed by atoms with E-state index in [-0.39, 0.29) is 19.3 Å². The van der Waals surface area contributed by atoms with Crippen molar-refractivity contribution >= 4 is 70.0 Å². The summed E-state index contributed by atoms with van der Waals surface area (Å²) >= 11 is 0. The van der Waals surface area contributed by atoms with Crippen molar-refractivity contribution in [1.29, 1.82) is 0 Å². The quantitative estimate of drug-likeness (QED) is 0.0425. The molecule has 0 aliphatic heterocycles. The summed E-state index contributed by atoms with van der Waals surface area (Å²) < 4.78 is 0. The number of carbonyl (C=O) groups excluding carboxylic acids is 9. The van der Waals surface area contributed by atoms with Crippen LogP contribution in [0.1, 0.15) is 156 Å². The van der Waals surface area contributed by atoms with Crippen LogP contribution in [-0.2, 0) is 54.4 Å². The van der Waals surface area contributed by atoms with Gasteiger partial charge in [-0.05, 0) is 62.6 Å². The first-order valence-electron chi connectivity index (χ1n) is 28.0. The molecule has 0 fully saturated rings. The highest BCUT2D eigenvalue weighted by Gasteiger charge is 2.32. The number of rotatable bonds is 41. The summed E-state index contributed by atoms with van der Waals surface area (Å²) in [7, 11) is 0. The van der Waals surface area contributed by atoms with Gasteiger partial charge in [0.1, 0.15) is 36.3 Å². The molecule has 0 saturated carbocycles. The Labute approximate surface area is 459 Å². The van der Waals surface area contributed by atoms with E-state index in [4.69, 9.17) is 5.73 Å². The number of aliphatic hydroxyl groups excluding tert-OH is 1. The molecule has 0 saturated heterocycles. The number of carboxylic acids is 1. The monoisotopic (exact) mass is 1100 g/mol. The van der Waals surface area contributed by atoms with Crippen molar-refractivity contribution in [2.45, 2.75) is 193 Å². The molecule has 0 aliphatic carbocycles. The molecule has 2 rings (SSSR count). The number of benzene rings is 1. The largest absolute Gasteiger partial charge is 0.480 e. The van der Waals surface area contributed by atoms with Crippen molar-refractivity contribution < 1.29 is 58.2 Å². The molecule has 0 spiro atoms. The predicted octanol–water partition coefficient (Wildman–Crippen LogP) is 1.99. The van der Waals surface area contributed by atoms with E-state index in [1.807, 2.05) is 18.2 Å². The molecule has 23 nitrogen and oxygen atoms in total. The van der Waals surface area contributed by atoms with E-state index in [1.54, 1.807) is 40.0 Å². The topological polar surface area (TPSA) is 361 Å². The lowest BCUT2D eigenvalue weighted by molar-refractivity contribution is -0.142. The second kappa shape index (κ2) is 38.0. The Morgan fingerprint density at radius 1 is 0.538 bits per heavy atom. The minimum atomic E-state index is -1.29. The molecule has 0 bridgehead atoms. The van der Waals surface area contributed by atoms with Crippen molar-refractivity contribution in [3.8, 4) is 0 Å². The van der Waals surface area contributed by atoms with Crippen molar-refractivity contribution in [2.24, 2.45) is 17.6 Å². The number of aromatic amines is 1. The van der Waals surface area contributed by atoms with Crippen LogP contribution in [0.3, 0.4) is 0 Å². The van der Waals surface area contributed by atoms with Crippen LogP contribution in [0.25, 0.3) is 10.9 Å². The molecular weight excluding hydrogens is 1010 g/mol. The van der Waals surface area contributed by atoms with Gasteiger partial charge in [-0.15, -0.1) is 0 Å². The van der Waals surface area contributed by atoms with Crippen molar-refractivity contribution in [2.75, 3.05) is 32.8 Å². The van der Waals surface area contributed by atoms with E-state index in [0.717, 1.165) is 30.2 Å². The minimum absolute atomic E-state index is 0.0570. The van der Waals surface area contributed by atoms with Gasteiger partial charge in [0.15, 0.2) is 0 Å². The minimum Gasteiger partial charge on any atom is -0.480 e. The Bertz CT molecular complexity index is 2220. The zero-order chi connectivity index (χ0) is 58.0. The zero-order valence-electron chi connectivity index (χ0n) is 46.8. The number of hydrogen-bond acceptors (Lipinski definition) is 12. The average Bonchev–Trinajstić information content (AvgIpc) is 3.83. The summed E-state index contributed by atoms with van der Waals surface area (Å²) in [6, 6.07) is -0.0519. The number of aromatic nitrogens is 1. The molecule has 1 heterocycles. The molecule has 2 aromatic rings. The number of nitrogens with one attached hydrogen (secondary N) is 10. The highest BCUT2D eigenvalue weighted by atomic mass is 16.4. The lowest BCUT2D eigenvalue weighted by atomic mass is 9.97. The first kappa shape index (κ1) is 67.5. The molecule has 8 atom stereocenters. The normalized spacial score (nSPS) is 14.2. The van der Waals surface area contributed by atoms with Gasteiger partial charge in [0.25, 0.3) is 0 Å². The van der Waals surface area contributed by atoms with Crippen LogP contribution in [0.5, 0.6) is 0 Å². The van der Waals surface area contributed by atoms with E-state index in [1.165, 1.54) is 51.9 Å². The molecule has 1 aromatic heterocycles. The second-order valence-corrected chi connectivity index (χ2v) is 20.2. The Balaban J connectivity index is 2.01. The van der Waals surface area contributed by atoms with Gasteiger partial charge >= 0.3 is 5.97 Å². The number of unbranched alkanes of at least 4 members (excludes halogenated alkanes) is 11. The second-order valence-electron chi connectivity index (χ2n) is 20.2. The van der Waals surface area contributed by atoms with E-state index >= 15 is 0 Å². The molecule has 438 valence electrons. The average molecular weight is 1100 g/mol. The maximum Gasteiger partial charge on any atom is 0.326 e. The van der Waals surface area contributed by atoms with E-state index in [2.05, 4.69) is 59.8 Å². The van der Waals surface area contributed by atoms with Crippen LogP contribution >= 0.6 is 0 Å². The number of nitrogens with two attached hydrogens (primary N) is 1. The van der Waals surface area contributed by atoms with Gasteiger partial charge in [-0.25, -0.2) is 4.79 Å². The van der Waals surface area contributed by atoms with Gasteiger partial charge in [0.05, 0.1) is 26.2 Å². The van der Waals surface area contributed by atoms with Gasteiger partial charge in [0, 0.05) is 29.9 Å². The molecule has 1 aromatic carbocycles. The van der Waals surface area contributed by atoms with E-state index in [9.17, 15) is 58.2 Å². The van der Waals surface area contributed by atoms with Crippen molar-refractivity contribution in [3.05, 3.63) is 36.0 Å². The van der Waals surface area contributed by atoms with Crippen molar-refractivity contribution in [1.82, 2.24) is 52.8 Å². The smallest absolute Gasteiger partial charge is 0.326 e. The first-order chi connectivity index (χ1) is 37.3. The van der Waals surface area contributed by atoms with Crippen LogP contribution in [-0.4, -0.2) is 143 Å². The van der Waals surface area contributed by atoms with Crippen molar-refractivity contribution in [3.63, 3.8) is 0 Å². The fourth-order valence-corrected chi connectivity index (χ4v) is 8.49. The number of amides is 9. The van der Waals surface area contributed by atoms with Crippen LogP contribution in [0.15, 0.2) is 30.5 Å². The summed E-state index contributed by atoms with van der Waals surface area (Å²) in [5, 5.41) is 42.9. The maximum atomic E-state index is 13.8. The standard InChI is InChI=1S/C55H91N11O12/c1-7-10-11-12-13-14-15-16-17-18-19-27-44(68)62-43(34-67)52(74)60-33-47(71)66-48(35(4)8-2)53(75)61-37(6)50(72)64-42(29-38-30-57-40-25-21-20-24-39(38)40)51(73)59-31-45(69)58-32-46(70)65-49(36(5)9-3)54(76)63-41(55(77)78)26-22-23-28-56/h20-21,24-25,30,35-37,41-43,48-49,57,67H,7-19,22-23,26-29,31-34,56H2,1-6H3,(H,58,69)(H,59,73)(H,60,74)(H,61,75)(H,62,68)(H,63,76)(H,64,72)(H,65,70)(H,66,71)(H,77,78)/t35-,36-,37-,41-,42-,43-,48-,49-/m0/s1. The highest BCUT2D eigenvalue weighted by molar-refractivity contribution is 5.97. The number of H-pyrrole nitrogens is 1. The number of para-hydroxylation sites is 1. The third-order valence-electron chi connectivity index (χ3n) is 13.8. The fourth-order valence-electron chi connectivity index (χ4n) is 8.49. The van der Waals surface area contributed by atoms with Crippen LogP contribution < -0.4 is 53.6 Å². The van der Waals surface area contributed by atoms with Gasteiger partial charge < -0.3 is 68.8 Å². The summed E-state index contributed by atoms with van der Waals surface area (Å²) in [6.07, 6.45) is 16.2. The van der Waals surface area contributed by atoms with E-state index in [0.29, 0.717) is 44.2 Å². The summed E-state index contributed by atoms with van der Waals surface area (Å²) in [4.78, 5) is 134. The highest BCUT2D eigenvalue weighted by Crippen LogP contribution is 2.20. The Morgan fingerprint density at radius 3 is 1.60 bits per heavy atom. The Kier molecular flexibility index (Phi) is 32.9. The first-order valence-corrected chi connectivity index (χ1v) is 28.0. The molecule has 0 radical (unpaired) electrons. The molecule has 0 aliphatic rings. The molecule has 0 unspecified atom stereocenters. The predicted molar refractivity (Wildman–Crippen MR) is 296 cm³/mol. The third-order valence-corrected chi connectivity index (χ3v) is 13.8. The third kappa shape index (κ3) is 25.7. The molecule has 23 heteroatoms. The summed E-state index contributed by atoms with van der Waals surface area (Å²) in [5.74, 6) is -8.53. The van der Waals surface area contributed by atoms with E-state index < -0.39 is 133 Å². The lowest BCUT2D eigenvalue weighted by Gasteiger charge is -2.26. The number of carboxylic acid groups (broad SMARTS) is 1. The molecular formula is C55H91N11O12. The molecule has 9 amide bonds. The van der Waals surface area contributed by atoms with Crippen LogP contribution in [0.4, 0.5) is 0 Å². The Hall–Kier alpha value is -6.62. The number of aliphatic hydroxyl groups is 1. The van der Waals surface area contributed by atoms with Crippen LogP contribution in [0.2, 0.25) is 0 Å².